The Morgan fingerprint density at radius 1 is 1.31 bits per heavy atom. The zero-order valence-corrected chi connectivity index (χ0v) is 9.53. The number of nitrogens with two attached hydrogens (primary N) is 1. The maximum atomic E-state index is 5.47. The highest BCUT2D eigenvalue weighted by Gasteiger charge is 2.01. The van der Waals surface area contributed by atoms with E-state index in [-0.39, 0.29) is 0 Å². The van der Waals surface area contributed by atoms with Crippen molar-refractivity contribution in [1.82, 2.24) is 4.98 Å². The van der Waals surface area contributed by atoms with Crippen LogP contribution in [-0.2, 0) is 0 Å². The molecule has 16 heavy (non-hydrogen) atoms. The van der Waals surface area contributed by atoms with Gasteiger partial charge in [-0.3, -0.25) is 0 Å². The number of rotatable bonds is 4. The van der Waals surface area contributed by atoms with Crippen LogP contribution < -0.4 is 11.1 Å². The molecule has 0 saturated heterocycles. The van der Waals surface area contributed by atoms with E-state index in [9.17, 15) is 0 Å². The van der Waals surface area contributed by atoms with Crippen LogP contribution in [0.3, 0.4) is 0 Å². The molecule has 0 aliphatic rings. The van der Waals surface area contributed by atoms with Crippen molar-refractivity contribution in [3.8, 4) is 0 Å². The van der Waals surface area contributed by atoms with E-state index in [1.54, 1.807) is 0 Å². The molecule has 84 valence electrons. The molecule has 1 aromatic heterocycles. The van der Waals surface area contributed by atoms with Gasteiger partial charge in [-0.25, -0.2) is 4.98 Å². The third-order valence-corrected chi connectivity index (χ3v) is 2.59. The first-order valence-electron chi connectivity index (χ1n) is 5.60. The minimum absolute atomic E-state index is 0.705. The van der Waals surface area contributed by atoms with Gasteiger partial charge >= 0.3 is 0 Å². The Bertz CT molecular complexity index is 480. The first kappa shape index (κ1) is 10.9. The number of aryl methyl sites for hydroxylation is 1. The molecular formula is C13H17N3. The number of hydrogen-bond donors (Lipinski definition) is 2. The molecule has 0 saturated carbocycles. The molecule has 3 N–H and O–H groups in total. The molecule has 0 amide bonds. The van der Waals surface area contributed by atoms with Crippen LogP contribution in [0.1, 0.15) is 12.0 Å². The van der Waals surface area contributed by atoms with Crippen LogP contribution in [0.5, 0.6) is 0 Å². The molecule has 0 radical (unpaired) electrons. The van der Waals surface area contributed by atoms with E-state index in [0.717, 1.165) is 18.8 Å². The third-order valence-electron chi connectivity index (χ3n) is 2.59. The summed E-state index contributed by atoms with van der Waals surface area (Å²) in [5, 5.41) is 5.72. The summed E-state index contributed by atoms with van der Waals surface area (Å²) >= 11 is 0. The molecule has 0 aliphatic heterocycles. The van der Waals surface area contributed by atoms with Crippen molar-refractivity contribution < 1.29 is 0 Å². The Morgan fingerprint density at radius 3 is 3.00 bits per heavy atom. The van der Waals surface area contributed by atoms with E-state index in [4.69, 9.17) is 5.73 Å². The smallest absolute Gasteiger partial charge is 0.133 e. The molecule has 1 heterocycles. The lowest BCUT2D eigenvalue weighted by molar-refractivity contribution is 0.871. The van der Waals surface area contributed by atoms with E-state index >= 15 is 0 Å². The number of pyridine rings is 1. The molecule has 0 atom stereocenters. The van der Waals surface area contributed by atoms with Crippen LogP contribution in [0.25, 0.3) is 10.8 Å². The molecule has 0 unspecified atom stereocenters. The van der Waals surface area contributed by atoms with Crippen molar-refractivity contribution in [3.05, 3.63) is 36.0 Å². The number of nitrogens with zero attached hydrogens (tertiary/aromatic N) is 1. The normalized spacial score (nSPS) is 10.6. The topological polar surface area (TPSA) is 50.9 Å². The number of fused-ring (bicyclic) bond motifs is 1. The maximum absolute atomic E-state index is 5.47. The SMILES string of the molecule is Cc1ccc2ccnc(NCCCN)c2c1. The predicted octanol–water partition coefficient (Wildman–Crippen LogP) is 2.30. The fraction of sp³-hybridized carbons (Fsp3) is 0.308. The molecule has 2 rings (SSSR count). The monoisotopic (exact) mass is 215 g/mol. The lowest BCUT2D eigenvalue weighted by atomic mass is 10.1. The van der Waals surface area contributed by atoms with Gasteiger partial charge in [0.25, 0.3) is 0 Å². The van der Waals surface area contributed by atoms with Crippen molar-refractivity contribution >= 4 is 16.6 Å². The molecule has 0 fully saturated rings. The van der Waals surface area contributed by atoms with Crippen LogP contribution in [0, 0.1) is 6.92 Å². The second kappa shape index (κ2) is 4.94. The molecule has 3 heteroatoms. The lowest BCUT2D eigenvalue weighted by Gasteiger charge is -2.08. The van der Waals surface area contributed by atoms with E-state index < -0.39 is 0 Å². The molecular weight excluding hydrogens is 198 g/mol. The van der Waals surface area contributed by atoms with E-state index in [1.807, 2.05) is 12.3 Å². The van der Waals surface area contributed by atoms with Crippen LogP contribution in [0.15, 0.2) is 30.5 Å². The summed E-state index contributed by atoms with van der Waals surface area (Å²) in [6, 6.07) is 8.43. The minimum Gasteiger partial charge on any atom is -0.370 e. The van der Waals surface area contributed by atoms with Gasteiger partial charge in [-0.15, -0.1) is 0 Å². The molecule has 3 nitrogen and oxygen atoms in total. The van der Waals surface area contributed by atoms with E-state index in [0.29, 0.717) is 6.54 Å². The number of hydrogen-bond acceptors (Lipinski definition) is 3. The molecule has 2 aromatic rings. The summed E-state index contributed by atoms with van der Waals surface area (Å²) in [7, 11) is 0. The van der Waals surface area contributed by atoms with Gasteiger partial charge in [0.15, 0.2) is 0 Å². The summed E-state index contributed by atoms with van der Waals surface area (Å²) in [6.45, 7) is 3.67. The van der Waals surface area contributed by atoms with Crippen LogP contribution >= 0.6 is 0 Å². The van der Waals surface area contributed by atoms with Gasteiger partial charge in [0.2, 0.25) is 0 Å². The predicted molar refractivity (Wildman–Crippen MR) is 68.6 cm³/mol. The van der Waals surface area contributed by atoms with Gasteiger partial charge < -0.3 is 11.1 Å². The summed E-state index contributed by atoms with van der Waals surface area (Å²) in [5.41, 5.74) is 6.72. The number of anilines is 1. The minimum atomic E-state index is 0.705. The zero-order valence-electron chi connectivity index (χ0n) is 9.53. The number of aromatic nitrogens is 1. The fourth-order valence-electron chi connectivity index (χ4n) is 1.73. The van der Waals surface area contributed by atoms with Gasteiger partial charge in [-0.2, -0.15) is 0 Å². The van der Waals surface area contributed by atoms with Crippen molar-refractivity contribution in [1.29, 1.82) is 0 Å². The van der Waals surface area contributed by atoms with Crippen LogP contribution in [0.2, 0.25) is 0 Å². The van der Waals surface area contributed by atoms with Gasteiger partial charge in [0.05, 0.1) is 0 Å². The Labute approximate surface area is 95.7 Å². The summed E-state index contributed by atoms with van der Waals surface area (Å²) in [4.78, 5) is 4.37. The lowest BCUT2D eigenvalue weighted by Crippen LogP contribution is -2.09. The van der Waals surface area contributed by atoms with Crippen molar-refractivity contribution in [3.63, 3.8) is 0 Å². The van der Waals surface area contributed by atoms with Gasteiger partial charge in [-0.1, -0.05) is 17.7 Å². The van der Waals surface area contributed by atoms with Gasteiger partial charge in [0, 0.05) is 18.1 Å². The average Bonchev–Trinajstić information content (AvgIpc) is 2.30. The molecule has 0 bridgehead atoms. The number of benzene rings is 1. The molecule has 1 aromatic carbocycles. The number of nitrogens with one attached hydrogen (secondary N) is 1. The second-order valence-corrected chi connectivity index (χ2v) is 3.95. The highest BCUT2D eigenvalue weighted by Crippen LogP contribution is 2.21. The fourth-order valence-corrected chi connectivity index (χ4v) is 1.73. The third kappa shape index (κ3) is 2.31. The van der Waals surface area contributed by atoms with Crippen LogP contribution in [0.4, 0.5) is 5.82 Å². The molecule has 0 spiro atoms. The first-order chi connectivity index (χ1) is 7.81. The largest absolute Gasteiger partial charge is 0.370 e. The van der Waals surface area contributed by atoms with Gasteiger partial charge in [-0.05, 0) is 37.4 Å². The quantitative estimate of drug-likeness (QED) is 0.769. The Morgan fingerprint density at radius 2 is 2.19 bits per heavy atom. The Kier molecular flexibility index (Phi) is 3.37. The first-order valence-corrected chi connectivity index (χ1v) is 5.60. The van der Waals surface area contributed by atoms with Crippen molar-refractivity contribution in [2.45, 2.75) is 13.3 Å². The maximum Gasteiger partial charge on any atom is 0.133 e. The Hall–Kier alpha value is -1.61. The standard InChI is InChI=1S/C13H17N3/c1-10-3-4-11-5-8-16-13(12(11)9-10)15-7-2-6-14/h3-5,8-9H,2,6-7,14H2,1H3,(H,15,16). The van der Waals surface area contributed by atoms with E-state index in [2.05, 4.69) is 35.4 Å². The average molecular weight is 215 g/mol. The van der Waals surface area contributed by atoms with Gasteiger partial charge in [0.1, 0.15) is 5.82 Å². The highest BCUT2D eigenvalue weighted by atomic mass is 15.0. The molecule has 0 aliphatic carbocycles. The van der Waals surface area contributed by atoms with Crippen molar-refractivity contribution in [2.24, 2.45) is 5.73 Å². The second-order valence-electron chi connectivity index (χ2n) is 3.95. The van der Waals surface area contributed by atoms with Crippen molar-refractivity contribution in [2.75, 3.05) is 18.4 Å². The summed E-state index contributed by atoms with van der Waals surface area (Å²) in [6.07, 6.45) is 2.80. The van der Waals surface area contributed by atoms with Crippen LogP contribution in [-0.4, -0.2) is 18.1 Å². The summed E-state index contributed by atoms with van der Waals surface area (Å²) in [5.74, 6) is 0.953. The summed E-state index contributed by atoms with van der Waals surface area (Å²) < 4.78 is 0. The Balaban J connectivity index is 2.32. The highest BCUT2D eigenvalue weighted by molar-refractivity contribution is 5.92. The van der Waals surface area contributed by atoms with E-state index in [1.165, 1.54) is 16.3 Å². The zero-order chi connectivity index (χ0) is 11.4.